The van der Waals surface area contributed by atoms with Crippen molar-refractivity contribution in [2.75, 3.05) is 40.0 Å². The van der Waals surface area contributed by atoms with E-state index in [1.807, 2.05) is 0 Å². The highest BCUT2D eigenvalue weighted by Crippen LogP contribution is 2.48. The van der Waals surface area contributed by atoms with Gasteiger partial charge in [-0.25, -0.2) is 0 Å². The molecule has 0 amide bonds. The lowest BCUT2D eigenvalue weighted by Gasteiger charge is -2.29. The normalized spacial score (nSPS) is 30.4. The molecule has 3 nitrogen and oxygen atoms in total. The van der Waals surface area contributed by atoms with Crippen molar-refractivity contribution in [1.82, 2.24) is 4.90 Å². The highest BCUT2D eigenvalue weighted by molar-refractivity contribution is 4.99. The number of likely N-dealkylation sites (tertiary alicyclic amines) is 1. The lowest BCUT2D eigenvalue weighted by Crippen LogP contribution is -2.30. The Hall–Kier alpha value is -0.120. The van der Waals surface area contributed by atoms with E-state index in [9.17, 15) is 0 Å². The molecule has 0 aromatic rings. The van der Waals surface area contributed by atoms with Crippen molar-refractivity contribution in [3.63, 3.8) is 0 Å². The summed E-state index contributed by atoms with van der Waals surface area (Å²) in [6.45, 7) is 4.32. The Morgan fingerprint density at radius 2 is 2.13 bits per heavy atom. The second-order valence-electron chi connectivity index (χ2n) is 5.18. The number of ether oxygens (including phenoxy) is 1. The molecule has 1 spiro atoms. The maximum atomic E-state index is 9.00. The molecule has 0 radical (unpaired) electrons. The van der Waals surface area contributed by atoms with Gasteiger partial charge in [-0.05, 0) is 18.3 Å². The molecule has 1 atom stereocenters. The van der Waals surface area contributed by atoms with Crippen molar-refractivity contribution in [2.24, 2.45) is 11.3 Å². The molecule has 0 aromatic carbocycles. The molecular formula is C12H23NO2. The molecule has 1 heterocycles. The first-order chi connectivity index (χ1) is 7.30. The third-order valence-electron chi connectivity index (χ3n) is 4.27. The maximum Gasteiger partial charge on any atom is 0.0558 e. The van der Waals surface area contributed by atoms with Crippen LogP contribution in [0.4, 0.5) is 0 Å². The smallest absolute Gasteiger partial charge is 0.0558 e. The first kappa shape index (κ1) is 11.4. The zero-order valence-corrected chi connectivity index (χ0v) is 9.74. The van der Waals surface area contributed by atoms with Crippen LogP contribution in [0.1, 0.15) is 25.7 Å². The van der Waals surface area contributed by atoms with E-state index in [1.54, 1.807) is 7.11 Å². The summed E-state index contributed by atoms with van der Waals surface area (Å²) in [5, 5.41) is 9.00. The van der Waals surface area contributed by atoms with E-state index in [2.05, 4.69) is 4.90 Å². The number of β-amino-alcohol motifs (C(OH)–C–C–N with tert-alkyl or cyclic N) is 1. The summed E-state index contributed by atoms with van der Waals surface area (Å²) in [7, 11) is 1.80. The van der Waals surface area contributed by atoms with Gasteiger partial charge >= 0.3 is 0 Å². The van der Waals surface area contributed by atoms with Crippen molar-refractivity contribution in [3.8, 4) is 0 Å². The Balaban J connectivity index is 2.00. The number of methoxy groups -OCH3 is 1. The van der Waals surface area contributed by atoms with Gasteiger partial charge in [-0.3, -0.25) is 0 Å². The third-order valence-corrected chi connectivity index (χ3v) is 4.27. The molecule has 0 aromatic heterocycles. The largest absolute Gasteiger partial charge is 0.395 e. The molecule has 15 heavy (non-hydrogen) atoms. The quantitative estimate of drug-likeness (QED) is 0.759. The Labute approximate surface area is 92.4 Å². The molecule has 1 N–H and O–H groups in total. The summed E-state index contributed by atoms with van der Waals surface area (Å²) in [4.78, 5) is 2.41. The summed E-state index contributed by atoms with van der Waals surface area (Å²) in [6, 6.07) is 0. The van der Waals surface area contributed by atoms with Crippen LogP contribution < -0.4 is 0 Å². The molecule has 2 rings (SSSR count). The Morgan fingerprint density at radius 1 is 1.40 bits per heavy atom. The number of nitrogens with zero attached hydrogens (tertiary/aromatic N) is 1. The molecule has 1 saturated carbocycles. The van der Waals surface area contributed by atoms with Gasteiger partial charge in [-0.1, -0.05) is 12.8 Å². The van der Waals surface area contributed by atoms with E-state index in [1.165, 1.54) is 32.2 Å². The zero-order valence-electron chi connectivity index (χ0n) is 9.74. The molecule has 1 saturated heterocycles. The summed E-state index contributed by atoms with van der Waals surface area (Å²) in [6.07, 6.45) is 5.49. The van der Waals surface area contributed by atoms with Gasteiger partial charge in [-0.15, -0.1) is 0 Å². The van der Waals surface area contributed by atoms with Gasteiger partial charge < -0.3 is 14.7 Å². The molecule has 1 aliphatic heterocycles. The van der Waals surface area contributed by atoms with Gasteiger partial charge in [0.1, 0.15) is 0 Å². The molecule has 88 valence electrons. The monoisotopic (exact) mass is 213 g/mol. The van der Waals surface area contributed by atoms with Gasteiger partial charge in [0.05, 0.1) is 13.2 Å². The number of rotatable bonds is 4. The van der Waals surface area contributed by atoms with E-state index in [0.717, 1.165) is 19.7 Å². The third kappa shape index (κ3) is 2.19. The van der Waals surface area contributed by atoms with Crippen LogP contribution in [0.5, 0.6) is 0 Å². The van der Waals surface area contributed by atoms with Crippen LogP contribution >= 0.6 is 0 Å². The number of hydrogen-bond acceptors (Lipinski definition) is 3. The molecule has 1 unspecified atom stereocenters. The average Bonchev–Trinajstić information content (AvgIpc) is 2.79. The summed E-state index contributed by atoms with van der Waals surface area (Å²) in [5.41, 5.74) is 0.519. The lowest BCUT2D eigenvalue weighted by molar-refractivity contribution is 0.0968. The highest BCUT2D eigenvalue weighted by atomic mass is 16.5. The SMILES string of the molecule is COCC1CN(CCO)CC12CCCC2. The van der Waals surface area contributed by atoms with Gasteiger partial charge in [0, 0.05) is 32.7 Å². The average molecular weight is 213 g/mol. The summed E-state index contributed by atoms with van der Waals surface area (Å²) < 4.78 is 5.35. The van der Waals surface area contributed by atoms with Crippen LogP contribution in [0.25, 0.3) is 0 Å². The van der Waals surface area contributed by atoms with Crippen LogP contribution in [-0.4, -0.2) is 50.0 Å². The first-order valence-corrected chi connectivity index (χ1v) is 6.13. The first-order valence-electron chi connectivity index (χ1n) is 6.13. The van der Waals surface area contributed by atoms with Crippen molar-refractivity contribution in [3.05, 3.63) is 0 Å². The second-order valence-corrected chi connectivity index (χ2v) is 5.18. The van der Waals surface area contributed by atoms with Gasteiger partial charge in [-0.2, -0.15) is 0 Å². The topological polar surface area (TPSA) is 32.7 Å². The van der Waals surface area contributed by atoms with E-state index in [-0.39, 0.29) is 6.61 Å². The van der Waals surface area contributed by atoms with Gasteiger partial charge in [0.15, 0.2) is 0 Å². The standard InChI is InChI=1S/C12H23NO2/c1-15-9-11-8-13(6-7-14)10-12(11)4-2-3-5-12/h11,14H,2-10H2,1H3. The van der Waals surface area contributed by atoms with E-state index in [4.69, 9.17) is 9.84 Å². The van der Waals surface area contributed by atoms with Crippen LogP contribution in [-0.2, 0) is 4.74 Å². The van der Waals surface area contributed by atoms with Crippen molar-refractivity contribution in [1.29, 1.82) is 0 Å². The lowest BCUT2D eigenvalue weighted by atomic mass is 9.77. The number of aliphatic hydroxyl groups excluding tert-OH is 1. The fourth-order valence-corrected chi connectivity index (χ4v) is 3.53. The zero-order chi connectivity index (χ0) is 10.7. The minimum atomic E-state index is 0.287. The molecule has 3 heteroatoms. The van der Waals surface area contributed by atoms with Crippen molar-refractivity contribution >= 4 is 0 Å². The number of aliphatic hydroxyl groups is 1. The highest BCUT2D eigenvalue weighted by Gasteiger charge is 2.47. The number of hydrogen-bond donors (Lipinski definition) is 1. The van der Waals surface area contributed by atoms with Crippen LogP contribution in [0.3, 0.4) is 0 Å². The predicted octanol–water partition coefficient (Wildman–Crippen LogP) is 1.12. The minimum Gasteiger partial charge on any atom is -0.395 e. The fraction of sp³-hybridized carbons (Fsp3) is 1.00. The predicted molar refractivity (Wildman–Crippen MR) is 59.8 cm³/mol. The van der Waals surface area contributed by atoms with Crippen LogP contribution in [0, 0.1) is 11.3 Å². The molecule has 1 aliphatic carbocycles. The summed E-state index contributed by atoms with van der Waals surface area (Å²) in [5.74, 6) is 0.691. The second kappa shape index (κ2) is 4.81. The molecule has 0 bridgehead atoms. The van der Waals surface area contributed by atoms with E-state index in [0.29, 0.717) is 11.3 Å². The molecule has 2 fully saturated rings. The summed E-state index contributed by atoms with van der Waals surface area (Å²) >= 11 is 0. The van der Waals surface area contributed by atoms with E-state index >= 15 is 0 Å². The Kier molecular flexibility index (Phi) is 3.65. The molecule has 2 aliphatic rings. The minimum absolute atomic E-state index is 0.287. The molecular weight excluding hydrogens is 190 g/mol. The maximum absolute atomic E-state index is 9.00. The van der Waals surface area contributed by atoms with Crippen LogP contribution in [0.15, 0.2) is 0 Å². The van der Waals surface area contributed by atoms with Crippen molar-refractivity contribution < 1.29 is 9.84 Å². The van der Waals surface area contributed by atoms with Crippen LogP contribution in [0.2, 0.25) is 0 Å². The fourth-order valence-electron chi connectivity index (χ4n) is 3.53. The van der Waals surface area contributed by atoms with Gasteiger partial charge in [0.25, 0.3) is 0 Å². The Morgan fingerprint density at radius 3 is 2.73 bits per heavy atom. The Bertz CT molecular complexity index is 202. The van der Waals surface area contributed by atoms with Crippen molar-refractivity contribution in [2.45, 2.75) is 25.7 Å². The van der Waals surface area contributed by atoms with E-state index < -0.39 is 0 Å². The van der Waals surface area contributed by atoms with Gasteiger partial charge in [0.2, 0.25) is 0 Å².